The molecule has 0 rings (SSSR count). The van der Waals surface area contributed by atoms with E-state index in [1.165, 1.54) is 0 Å². The molecule has 0 amide bonds. The molecule has 0 bridgehead atoms. The largest absolute Gasteiger partial charge is 0.358 e. The Balaban J connectivity index is 0. The molecule has 0 aliphatic rings. The maximum atomic E-state index is 0. The first kappa shape index (κ1) is 207. The predicted molar refractivity (Wildman–Crippen MR) is 19.2 cm³/mol. The molecule has 0 heterocycles. The predicted octanol–water partition coefficient (Wildman–Crippen LogP) is 1.35. The normalized spacial score (nSPS) is 0. The van der Waals surface area contributed by atoms with E-state index >= 15 is 0 Å². The smallest absolute Gasteiger partial charge is 0 e. The summed E-state index contributed by atoms with van der Waals surface area (Å²) in [5.74, 6) is 0. The van der Waals surface area contributed by atoms with Crippen LogP contribution in [0.3, 0.4) is 0 Å². The zero-order valence-corrected chi connectivity index (χ0v) is 4.24. The standard InChI is InChI=1S/3CH3.Cu/h3*1H3;/q3*-1;. The zero-order chi connectivity index (χ0) is 0. The Morgan fingerprint density at radius 1 is 0.500 bits per heavy atom. The molecule has 0 atom stereocenters. The number of rotatable bonds is 0. The van der Waals surface area contributed by atoms with Gasteiger partial charge in [0.05, 0.1) is 0 Å². The first-order valence-corrected chi connectivity index (χ1v) is 0. The van der Waals surface area contributed by atoms with Gasteiger partial charge in [0.25, 0.3) is 0 Å². The molecular weight excluding hydrogens is 99.6 g/mol. The Morgan fingerprint density at radius 3 is 0.500 bits per heavy atom. The SMILES string of the molecule is [CH3-].[CH3-].[CH3-].[Cu]. The van der Waals surface area contributed by atoms with Gasteiger partial charge in [-0.05, 0) is 0 Å². The molecule has 35 valence electrons. The summed E-state index contributed by atoms with van der Waals surface area (Å²) in [7, 11) is 0. The fraction of sp³-hybridized carbons (Fsp3) is 0. The van der Waals surface area contributed by atoms with E-state index in [2.05, 4.69) is 0 Å². The molecule has 4 heavy (non-hydrogen) atoms. The first-order chi connectivity index (χ1) is 0. The molecule has 1 heteroatoms. The minimum atomic E-state index is 0. The van der Waals surface area contributed by atoms with E-state index in [4.69, 9.17) is 0 Å². The first-order valence-electron chi connectivity index (χ1n) is 0. The van der Waals surface area contributed by atoms with Gasteiger partial charge >= 0.3 is 0 Å². The van der Waals surface area contributed by atoms with Crippen LogP contribution in [0.25, 0.3) is 0 Å². The Labute approximate surface area is 40.1 Å². The fourth-order valence-corrected chi connectivity index (χ4v) is 0. The zero-order valence-electron chi connectivity index (χ0n) is 3.30. The summed E-state index contributed by atoms with van der Waals surface area (Å²) in [5, 5.41) is 0. The van der Waals surface area contributed by atoms with Crippen LogP contribution in [0.5, 0.6) is 0 Å². The van der Waals surface area contributed by atoms with Crippen molar-refractivity contribution in [1.29, 1.82) is 0 Å². The summed E-state index contributed by atoms with van der Waals surface area (Å²) < 4.78 is 0. The third kappa shape index (κ3) is 21.6. The molecule has 0 saturated carbocycles. The third-order valence-electron chi connectivity index (χ3n) is 0. The van der Waals surface area contributed by atoms with E-state index in [1.807, 2.05) is 0 Å². The van der Waals surface area contributed by atoms with E-state index in [1.54, 1.807) is 0 Å². The van der Waals surface area contributed by atoms with Gasteiger partial charge < -0.3 is 22.3 Å². The van der Waals surface area contributed by atoms with Gasteiger partial charge in [0.1, 0.15) is 0 Å². The number of hydrogen-bond acceptors (Lipinski definition) is 0. The van der Waals surface area contributed by atoms with Gasteiger partial charge in [0.15, 0.2) is 0 Å². The second kappa shape index (κ2) is 82.8. The van der Waals surface area contributed by atoms with Crippen molar-refractivity contribution in [1.82, 2.24) is 0 Å². The second-order valence-electron chi connectivity index (χ2n) is 0. The van der Waals surface area contributed by atoms with Crippen LogP contribution >= 0.6 is 0 Å². The van der Waals surface area contributed by atoms with Gasteiger partial charge in [-0.2, -0.15) is 0 Å². The van der Waals surface area contributed by atoms with Crippen molar-refractivity contribution in [3.63, 3.8) is 0 Å². The Hall–Kier alpha value is 0.519. The van der Waals surface area contributed by atoms with Crippen molar-refractivity contribution in [2.24, 2.45) is 0 Å². The van der Waals surface area contributed by atoms with Crippen LogP contribution in [0.15, 0.2) is 0 Å². The van der Waals surface area contributed by atoms with Crippen LogP contribution in [-0.2, 0) is 17.1 Å². The van der Waals surface area contributed by atoms with Crippen LogP contribution in [0, 0.1) is 22.3 Å². The quantitative estimate of drug-likeness (QED) is 0.325. The van der Waals surface area contributed by atoms with Crippen molar-refractivity contribution >= 4 is 0 Å². The van der Waals surface area contributed by atoms with E-state index in [0.717, 1.165) is 0 Å². The van der Waals surface area contributed by atoms with Gasteiger partial charge in [-0.15, -0.1) is 0 Å². The van der Waals surface area contributed by atoms with Crippen LogP contribution in [-0.4, -0.2) is 0 Å². The molecular formula is C3H9Cu-3. The van der Waals surface area contributed by atoms with Crippen molar-refractivity contribution in [2.45, 2.75) is 0 Å². The average molecular weight is 109 g/mol. The van der Waals surface area contributed by atoms with Gasteiger partial charge in [0.2, 0.25) is 0 Å². The summed E-state index contributed by atoms with van der Waals surface area (Å²) in [6.07, 6.45) is 0. The molecule has 0 saturated heterocycles. The topological polar surface area (TPSA) is 0 Å². The Kier molecular flexibility index (Phi) is 4290. The van der Waals surface area contributed by atoms with Crippen LogP contribution in [0.1, 0.15) is 0 Å². The molecule has 0 unspecified atom stereocenters. The Bertz CT molecular complexity index is 3.25. The molecule has 0 N–H and O–H groups in total. The second-order valence-corrected chi connectivity index (χ2v) is 0. The van der Waals surface area contributed by atoms with E-state index in [0.29, 0.717) is 0 Å². The summed E-state index contributed by atoms with van der Waals surface area (Å²) in [6.45, 7) is 0. The molecule has 0 spiro atoms. The molecule has 0 nitrogen and oxygen atoms in total. The molecule has 0 aromatic rings. The number of hydrogen-bond donors (Lipinski definition) is 0. The summed E-state index contributed by atoms with van der Waals surface area (Å²) in [5.41, 5.74) is 0. The average Bonchev–Trinajstić information content (AvgIpc) is 0. The summed E-state index contributed by atoms with van der Waals surface area (Å²) in [4.78, 5) is 0. The van der Waals surface area contributed by atoms with E-state index in [9.17, 15) is 0 Å². The molecule has 1 radical (unpaired) electrons. The van der Waals surface area contributed by atoms with Gasteiger partial charge in [0, 0.05) is 17.1 Å². The third-order valence-corrected chi connectivity index (χ3v) is 0. The van der Waals surface area contributed by atoms with E-state index < -0.39 is 0 Å². The van der Waals surface area contributed by atoms with Gasteiger partial charge in [-0.3, -0.25) is 0 Å². The minimum Gasteiger partial charge on any atom is -0.358 e. The van der Waals surface area contributed by atoms with Crippen molar-refractivity contribution < 1.29 is 17.1 Å². The molecule has 0 aromatic heterocycles. The maximum absolute atomic E-state index is 0. The molecule has 0 aliphatic heterocycles. The van der Waals surface area contributed by atoms with Gasteiger partial charge in [-0.25, -0.2) is 0 Å². The van der Waals surface area contributed by atoms with Gasteiger partial charge in [-0.1, -0.05) is 0 Å². The fourth-order valence-electron chi connectivity index (χ4n) is 0. The summed E-state index contributed by atoms with van der Waals surface area (Å²) in [6, 6.07) is 0. The molecule has 0 aliphatic carbocycles. The summed E-state index contributed by atoms with van der Waals surface area (Å²) >= 11 is 0. The van der Waals surface area contributed by atoms with Crippen molar-refractivity contribution in [3.8, 4) is 0 Å². The minimum absolute atomic E-state index is 0. The van der Waals surface area contributed by atoms with E-state index in [-0.39, 0.29) is 39.3 Å². The van der Waals surface area contributed by atoms with Crippen molar-refractivity contribution in [3.05, 3.63) is 22.3 Å². The van der Waals surface area contributed by atoms with Crippen molar-refractivity contribution in [2.75, 3.05) is 0 Å². The maximum Gasteiger partial charge on any atom is 0 e. The molecule has 0 fully saturated rings. The van der Waals surface area contributed by atoms with Crippen LogP contribution in [0.4, 0.5) is 0 Å². The Morgan fingerprint density at radius 2 is 0.500 bits per heavy atom. The van der Waals surface area contributed by atoms with Crippen LogP contribution in [0.2, 0.25) is 0 Å². The molecule has 0 aromatic carbocycles. The van der Waals surface area contributed by atoms with Crippen LogP contribution < -0.4 is 0 Å². The monoisotopic (exact) mass is 108 g/mol.